The number of benzene rings is 2. The number of hydrogen-bond acceptors (Lipinski definition) is 1. The molecule has 0 amide bonds. The predicted octanol–water partition coefficient (Wildman–Crippen LogP) is 5.03. The standard InChI is InChI=1S/C19H18O/c1-12-10-13(2)18(11-12)17-9-8-15-6-4-5-7-16(15)19(17)14(3)20/h4-11,18H,1-3H3. The fraction of sp³-hybridized carbons (Fsp3) is 0.211. The van der Waals surface area contributed by atoms with Crippen molar-refractivity contribution in [3.05, 3.63) is 70.8 Å². The van der Waals surface area contributed by atoms with Crippen molar-refractivity contribution in [1.29, 1.82) is 0 Å². The average Bonchev–Trinajstić information content (AvgIpc) is 2.76. The largest absolute Gasteiger partial charge is 0.294 e. The lowest BCUT2D eigenvalue weighted by molar-refractivity contribution is 0.101. The summed E-state index contributed by atoms with van der Waals surface area (Å²) in [5.74, 6) is 0.376. The van der Waals surface area contributed by atoms with Gasteiger partial charge in [0.1, 0.15) is 0 Å². The Balaban J connectivity index is 2.29. The lowest BCUT2D eigenvalue weighted by Crippen LogP contribution is -2.05. The minimum absolute atomic E-state index is 0.141. The quantitative estimate of drug-likeness (QED) is 0.693. The molecule has 20 heavy (non-hydrogen) atoms. The van der Waals surface area contributed by atoms with Gasteiger partial charge in [-0.05, 0) is 37.1 Å². The van der Waals surface area contributed by atoms with Gasteiger partial charge in [-0.15, -0.1) is 0 Å². The smallest absolute Gasteiger partial charge is 0.160 e. The topological polar surface area (TPSA) is 17.1 Å². The number of hydrogen-bond donors (Lipinski definition) is 0. The van der Waals surface area contributed by atoms with Crippen LogP contribution in [0.15, 0.2) is 59.7 Å². The molecule has 0 fully saturated rings. The Bertz CT molecular complexity index is 762. The zero-order valence-electron chi connectivity index (χ0n) is 12.1. The van der Waals surface area contributed by atoms with Crippen molar-refractivity contribution in [2.75, 3.05) is 0 Å². The number of Topliss-reactive ketones (excluding diaryl/α,β-unsaturated/α-hetero) is 1. The molecule has 0 heterocycles. The summed E-state index contributed by atoms with van der Waals surface area (Å²) in [6.45, 7) is 5.91. The van der Waals surface area contributed by atoms with Crippen LogP contribution < -0.4 is 0 Å². The van der Waals surface area contributed by atoms with Crippen LogP contribution >= 0.6 is 0 Å². The summed E-state index contributed by atoms with van der Waals surface area (Å²) in [6.07, 6.45) is 4.44. The van der Waals surface area contributed by atoms with Crippen LogP contribution in [0.4, 0.5) is 0 Å². The molecule has 0 saturated carbocycles. The summed E-state index contributed by atoms with van der Waals surface area (Å²) >= 11 is 0. The first-order valence-corrected chi connectivity index (χ1v) is 6.97. The van der Waals surface area contributed by atoms with E-state index in [0.29, 0.717) is 0 Å². The lowest BCUT2D eigenvalue weighted by Gasteiger charge is -2.16. The highest BCUT2D eigenvalue weighted by molar-refractivity contribution is 6.08. The third kappa shape index (κ3) is 2.00. The zero-order chi connectivity index (χ0) is 14.3. The van der Waals surface area contributed by atoms with Crippen LogP contribution in [-0.4, -0.2) is 5.78 Å². The zero-order valence-corrected chi connectivity index (χ0v) is 12.1. The third-order valence-electron chi connectivity index (χ3n) is 4.02. The SMILES string of the molecule is CC(=O)c1c(C2C=C(C)C=C2C)ccc2ccccc12. The number of rotatable bonds is 2. The van der Waals surface area contributed by atoms with E-state index in [1.807, 2.05) is 18.2 Å². The highest BCUT2D eigenvalue weighted by atomic mass is 16.1. The van der Waals surface area contributed by atoms with Gasteiger partial charge in [0, 0.05) is 11.5 Å². The van der Waals surface area contributed by atoms with Gasteiger partial charge in [0.25, 0.3) is 0 Å². The summed E-state index contributed by atoms with van der Waals surface area (Å²) in [7, 11) is 0. The van der Waals surface area contributed by atoms with Crippen LogP contribution in [0.5, 0.6) is 0 Å². The highest BCUT2D eigenvalue weighted by Gasteiger charge is 2.22. The van der Waals surface area contributed by atoms with E-state index in [9.17, 15) is 4.79 Å². The molecular weight excluding hydrogens is 244 g/mol. The number of allylic oxidation sites excluding steroid dienone is 4. The van der Waals surface area contributed by atoms with Crippen molar-refractivity contribution >= 4 is 16.6 Å². The van der Waals surface area contributed by atoms with E-state index in [1.54, 1.807) is 6.92 Å². The van der Waals surface area contributed by atoms with Crippen LogP contribution in [0.1, 0.15) is 42.6 Å². The van der Waals surface area contributed by atoms with Crippen LogP contribution in [0, 0.1) is 0 Å². The normalized spacial score (nSPS) is 18.1. The van der Waals surface area contributed by atoms with Gasteiger partial charge in [0.2, 0.25) is 0 Å². The monoisotopic (exact) mass is 262 g/mol. The molecule has 2 aromatic rings. The van der Waals surface area contributed by atoms with Crippen molar-refractivity contribution in [2.24, 2.45) is 0 Å². The molecule has 0 bridgehead atoms. The Kier molecular flexibility index (Phi) is 3.06. The fourth-order valence-corrected chi connectivity index (χ4v) is 3.17. The van der Waals surface area contributed by atoms with Gasteiger partial charge in [-0.3, -0.25) is 4.79 Å². The number of ketones is 1. The molecule has 1 unspecified atom stereocenters. The molecule has 3 rings (SSSR count). The van der Waals surface area contributed by atoms with E-state index in [2.05, 4.69) is 44.2 Å². The van der Waals surface area contributed by atoms with E-state index >= 15 is 0 Å². The molecule has 100 valence electrons. The molecule has 1 aliphatic carbocycles. The maximum Gasteiger partial charge on any atom is 0.160 e. The Labute approximate surface area is 119 Å². The van der Waals surface area contributed by atoms with Gasteiger partial charge >= 0.3 is 0 Å². The molecule has 1 aliphatic rings. The molecule has 1 atom stereocenters. The molecule has 1 heteroatoms. The summed E-state index contributed by atoms with van der Waals surface area (Å²) in [5, 5.41) is 2.19. The second kappa shape index (κ2) is 4.75. The Morgan fingerprint density at radius 2 is 1.80 bits per heavy atom. The molecule has 0 radical (unpaired) electrons. The molecule has 0 saturated heterocycles. The molecule has 0 N–H and O–H groups in total. The van der Waals surface area contributed by atoms with Gasteiger partial charge in [-0.1, -0.05) is 59.7 Å². The number of fused-ring (bicyclic) bond motifs is 1. The van der Waals surface area contributed by atoms with E-state index in [4.69, 9.17) is 0 Å². The molecule has 2 aromatic carbocycles. The first kappa shape index (κ1) is 12.9. The van der Waals surface area contributed by atoms with Crippen molar-refractivity contribution in [2.45, 2.75) is 26.7 Å². The van der Waals surface area contributed by atoms with Crippen LogP contribution in [0.3, 0.4) is 0 Å². The number of carbonyl (C=O) groups is 1. The van der Waals surface area contributed by atoms with Crippen molar-refractivity contribution in [1.82, 2.24) is 0 Å². The Hall–Kier alpha value is -2.15. The first-order valence-electron chi connectivity index (χ1n) is 6.97. The van der Waals surface area contributed by atoms with Crippen molar-refractivity contribution in [3.63, 3.8) is 0 Å². The highest BCUT2D eigenvalue weighted by Crippen LogP contribution is 2.37. The van der Waals surface area contributed by atoms with Crippen LogP contribution in [0.25, 0.3) is 10.8 Å². The maximum absolute atomic E-state index is 12.2. The number of carbonyl (C=O) groups excluding carboxylic acids is 1. The maximum atomic E-state index is 12.2. The third-order valence-corrected chi connectivity index (χ3v) is 4.02. The summed E-state index contributed by atoms with van der Waals surface area (Å²) in [5.41, 5.74) is 4.57. The Morgan fingerprint density at radius 1 is 1.05 bits per heavy atom. The van der Waals surface area contributed by atoms with Gasteiger partial charge < -0.3 is 0 Å². The van der Waals surface area contributed by atoms with Gasteiger partial charge in [-0.2, -0.15) is 0 Å². The van der Waals surface area contributed by atoms with E-state index in [1.165, 1.54) is 11.1 Å². The second-order valence-corrected chi connectivity index (χ2v) is 5.58. The van der Waals surface area contributed by atoms with Gasteiger partial charge in [0.15, 0.2) is 5.78 Å². The van der Waals surface area contributed by atoms with Gasteiger partial charge in [-0.25, -0.2) is 0 Å². The Morgan fingerprint density at radius 3 is 2.45 bits per heavy atom. The average molecular weight is 262 g/mol. The van der Waals surface area contributed by atoms with Crippen molar-refractivity contribution in [3.8, 4) is 0 Å². The molecular formula is C19H18O. The molecule has 1 nitrogen and oxygen atoms in total. The van der Waals surface area contributed by atoms with E-state index in [-0.39, 0.29) is 11.7 Å². The fourth-order valence-electron chi connectivity index (χ4n) is 3.17. The predicted molar refractivity (Wildman–Crippen MR) is 84.2 cm³/mol. The van der Waals surface area contributed by atoms with Gasteiger partial charge in [0.05, 0.1) is 0 Å². The van der Waals surface area contributed by atoms with Crippen LogP contribution in [-0.2, 0) is 0 Å². The summed E-state index contributed by atoms with van der Waals surface area (Å²) in [6, 6.07) is 12.3. The molecule has 0 aliphatic heterocycles. The van der Waals surface area contributed by atoms with E-state index < -0.39 is 0 Å². The van der Waals surface area contributed by atoms with Crippen molar-refractivity contribution < 1.29 is 4.79 Å². The minimum atomic E-state index is 0.141. The first-order chi connectivity index (χ1) is 9.58. The molecule has 0 aromatic heterocycles. The van der Waals surface area contributed by atoms with Crippen LogP contribution in [0.2, 0.25) is 0 Å². The lowest BCUT2D eigenvalue weighted by atomic mass is 9.86. The molecule has 0 spiro atoms. The minimum Gasteiger partial charge on any atom is -0.294 e. The van der Waals surface area contributed by atoms with E-state index in [0.717, 1.165) is 21.9 Å². The summed E-state index contributed by atoms with van der Waals surface area (Å²) < 4.78 is 0. The second-order valence-electron chi connectivity index (χ2n) is 5.58. The summed E-state index contributed by atoms with van der Waals surface area (Å²) in [4.78, 5) is 12.2.